The predicted octanol–water partition coefficient (Wildman–Crippen LogP) is 2.67. The number of aliphatic imine (C=N–C) groups is 1. The molecule has 0 amide bonds. The van der Waals surface area contributed by atoms with E-state index >= 15 is 0 Å². The first-order valence-corrected chi connectivity index (χ1v) is 4.72. The third-order valence-electron chi connectivity index (χ3n) is 2.96. The lowest BCUT2D eigenvalue weighted by Crippen LogP contribution is -1.98. The van der Waals surface area contributed by atoms with Crippen LogP contribution >= 0.6 is 0 Å². The first kappa shape index (κ1) is 10.8. The highest BCUT2D eigenvalue weighted by Crippen LogP contribution is 2.30. The van der Waals surface area contributed by atoms with Crippen molar-refractivity contribution in [2.24, 2.45) is 4.99 Å². The number of hydrogen-bond acceptors (Lipinski definition) is 2. The second-order valence-electron chi connectivity index (χ2n) is 3.65. The maximum atomic E-state index is 9.92. The summed E-state index contributed by atoms with van der Waals surface area (Å²) in [5.41, 5.74) is 5.29. The second-order valence-corrected chi connectivity index (χ2v) is 3.65. The van der Waals surface area contributed by atoms with Crippen LogP contribution in [0.1, 0.15) is 27.8 Å². The van der Waals surface area contributed by atoms with Gasteiger partial charge in [0.15, 0.2) is 0 Å². The molecular weight excluding hydrogens is 174 g/mol. The van der Waals surface area contributed by atoms with Crippen molar-refractivity contribution in [1.29, 1.82) is 0 Å². The summed E-state index contributed by atoms with van der Waals surface area (Å²) in [5, 5.41) is 9.92. The van der Waals surface area contributed by atoms with Crippen molar-refractivity contribution in [2.45, 2.75) is 27.7 Å². The Hall–Kier alpha value is -1.31. The number of phenols is 1. The van der Waals surface area contributed by atoms with E-state index in [0.717, 1.165) is 22.3 Å². The molecule has 2 nitrogen and oxygen atoms in total. The molecule has 0 saturated carbocycles. The number of aromatic hydroxyl groups is 1. The Morgan fingerprint density at radius 3 is 1.93 bits per heavy atom. The van der Waals surface area contributed by atoms with E-state index in [1.165, 1.54) is 5.56 Å². The summed E-state index contributed by atoms with van der Waals surface area (Å²) in [7, 11) is 1.71. The number of benzene rings is 1. The minimum Gasteiger partial charge on any atom is -0.507 e. The molecule has 14 heavy (non-hydrogen) atoms. The molecule has 1 aromatic carbocycles. The van der Waals surface area contributed by atoms with Crippen LogP contribution in [0.4, 0.5) is 0 Å². The predicted molar refractivity (Wildman–Crippen MR) is 60.6 cm³/mol. The minimum atomic E-state index is 0.358. The van der Waals surface area contributed by atoms with Gasteiger partial charge >= 0.3 is 0 Å². The van der Waals surface area contributed by atoms with Crippen LogP contribution in [0.2, 0.25) is 0 Å². The van der Waals surface area contributed by atoms with Crippen molar-refractivity contribution in [3.05, 3.63) is 27.8 Å². The van der Waals surface area contributed by atoms with Crippen molar-refractivity contribution >= 4 is 6.21 Å². The highest BCUT2D eigenvalue weighted by molar-refractivity contribution is 5.87. The van der Waals surface area contributed by atoms with Crippen LogP contribution < -0.4 is 0 Å². The van der Waals surface area contributed by atoms with Gasteiger partial charge in [-0.05, 0) is 49.9 Å². The van der Waals surface area contributed by atoms with Gasteiger partial charge in [0.05, 0.1) is 0 Å². The Bertz CT molecular complexity index is 363. The monoisotopic (exact) mass is 191 g/mol. The Balaban J connectivity index is 3.59. The van der Waals surface area contributed by atoms with E-state index in [4.69, 9.17) is 0 Å². The van der Waals surface area contributed by atoms with Crippen LogP contribution in [-0.4, -0.2) is 18.4 Å². The van der Waals surface area contributed by atoms with Gasteiger partial charge in [-0.3, -0.25) is 4.99 Å². The summed E-state index contributed by atoms with van der Waals surface area (Å²) >= 11 is 0. The van der Waals surface area contributed by atoms with Crippen molar-refractivity contribution in [1.82, 2.24) is 0 Å². The van der Waals surface area contributed by atoms with Gasteiger partial charge in [-0.1, -0.05) is 0 Å². The fourth-order valence-corrected chi connectivity index (χ4v) is 1.61. The lowest BCUT2D eigenvalue weighted by atomic mass is 9.94. The van der Waals surface area contributed by atoms with Crippen LogP contribution in [0.5, 0.6) is 5.75 Å². The fourth-order valence-electron chi connectivity index (χ4n) is 1.61. The first-order chi connectivity index (χ1) is 6.50. The van der Waals surface area contributed by atoms with E-state index in [-0.39, 0.29) is 0 Å². The van der Waals surface area contributed by atoms with Crippen LogP contribution in [0.3, 0.4) is 0 Å². The molecule has 0 unspecified atom stereocenters. The van der Waals surface area contributed by atoms with Gasteiger partial charge in [0.1, 0.15) is 5.75 Å². The number of hydrogen-bond donors (Lipinski definition) is 1. The normalized spacial score (nSPS) is 11.2. The molecule has 76 valence electrons. The van der Waals surface area contributed by atoms with E-state index in [2.05, 4.69) is 11.9 Å². The molecule has 0 heterocycles. The average molecular weight is 191 g/mol. The number of rotatable bonds is 1. The van der Waals surface area contributed by atoms with E-state index in [9.17, 15) is 5.11 Å². The molecule has 0 fully saturated rings. The maximum Gasteiger partial charge on any atom is 0.127 e. The van der Waals surface area contributed by atoms with Gasteiger partial charge < -0.3 is 5.11 Å². The zero-order chi connectivity index (χ0) is 10.9. The molecule has 0 radical (unpaired) electrons. The lowest BCUT2D eigenvalue weighted by molar-refractivity contribution is 0.469. The molecule has 2 heteroatoms. The molecule has 0 aliphatic rings. The number of nitrogens with zero attached hydrogens (tertiary/aromatic N) is 1. The van der Waals surface area contributed by atoms with Gasteiger partial charge in [0.25, 0.3) is 0 Å². The molecule has 1 aromatic rings. The van der Waals surface area contributed by atoms with Gasteiger partial charge in [0, 0.05) is 18.8 Å². The maximum absolute atomic E-state index is 9.92. The van der Waals surface area contributed by atoms with Gasteiger partial charge in [-0.2, -0.15) is 0 Å². The minimum absolute atomic E-state index is 0.358. The Morgan fingerprint density at radius 1 is 0.929 bits per heavy atom. The Kier molecular flexibility index (Phi) is 2.94. The van der Waals surface area contributed by atoms with E-state index in [0.29, 0.717) is 5.75 Å². The number of phenolic OH excluding ortho intramolecular Hbond substituents is 1. The summed E-state index contributed by atoms with van der Waals surface area (Å²) < 4.78 is 0. The molecular formula is C12H17NO. The smallest absolute Gasteiger partial charge is 0.127 e. The first-order valence-electron chi connectivity index (χ1n) is 4.72. The topological polar surface area (TPSA) is 32.6 Å². The molecule has 0 aromatic heterocycles. The zero-order valence-electron chi connectivity index (χ0n) is 9.47. The third kappa shape index (κ3) is 1.52. The Labute approximate surface area is 85.3 Å². The standard InChI is InChI=1S/C12H17NO/c1-7-8(2)10(4)12(14)11(6-13-5)9(7)3/h6,14H,1-5H3/b13-6+. The molecule has 0 aliphatic heterocycles. The van der Waals surface area contributed by atoms with Crippen molar-refractivity contribution in [3.8, 4) is 5.75 Å². The summed E-state index contributed by atoms with van der Waals surface area (Å²) in [6.07, 6.45) is 1.71. The van der Waals surface area contributed by atoms with Crippen molar-refractivity contribution in [2.75, 3.05) is 7.05 Å². The summed E-state index contributed by atoms with van der Waals surface area (Å²) in [4.78, 5) is 3.95. The molecule has 0 saturated heterocycles. The van der Waals surface area contributed by atoms with E-state index in [1.807, 2.05) is 20.8 Å². The van der Waals surface area contributed by atoms with Gasteiger partial charge in [0.2, 0.25) is 0 Å². The quantitative estimate of drug-likeness (QED) is 0.680. The molecule has 1 N–H and O–H groups in total. The summed E-state index contributed by atoms with van der Waals surface area (Å²) in [5.74, 6) is 0.358. The largest absolute Gasteiger partial charge is 0.507 e. The lowest BCUT2D eigenvalue weighted by Gasteiger charge is -2.14. The van der Waals surface area contributed by atoms with Gasteiger partial charge in [-0.25, -0.2) is 0 Å². The third-order valence-corrected chi connectivity index (χ3v) is 2.96. The highest BCUT2D eigenvalue weighted by Gasteiger charge is 2.12. The summed E-state index contributed by atoms with van der Waals surface area (Å²) in [6, 6.07) is 0. The molecule has 0 spiro atoms. The second kappa shape index (κ2) is 3.82. The van der Waals surface area contributed by atoms with E-state index in [1.54, 1.807) is 13.3 Å². The van der Waals surface area contributed by atoms with Crippen molar-refractivity contribution < 1.29 is 5.11 Å². The fraction of sp³-hybridized carbons (Fsp3) is 0.417. The Morgan fingerprint density at radius 2 is 1.43 bits per heavy atom. The average Bonchev–Trinajstić information content (AvgIpc) is 2.19. The van der Waals surface area contributed by atoms with Crippen LogP contribution in [0.25, 0.3) is 0 Å². The molecule has 1 rings (SSSR count). The summed E-state index contributed by atoms with van der Waals surface area (Å²) in [6.45, 7) is 8.05. The molecule has 0 aliphatic carbocycles. The molecule has 0 bridgehead atoms. The highest BCUT2D eigenvalue weighted by atomic mass is 16.3. The molecule has 0 atom stereocenters. The SMILES string of the molecule is C/N=C/c1c(C)c(C)c(C)c(C)c1O. The van der Waals surface area contributed by atoms with Crippen molar-refractivity contribution in [3.63, 3.8) is 0 Å². The van der Waals surface area contributed by atoms with Gasteiger partial charge in [-0.15, -0.1) is 0 Å². The zero-order valence-corrected chi connectivity index (χ0v) is 9.47. The van der Waals surface area contributed by atoms with E-state index < -0.39 is 0 Å². The van der Waals surface area contributed by atoms with Crippen LogP contribution in [-0.2, 0) is 0 Å². The van der Waals surface area contributed by atoms with Crippen LogP contribution in [0, 0.1) is 27.7 Å². The van der Waals surface area contributed by atoms with Crippen LogP contribution in [0.15, 0.2) is 4.99 Å².